The maximum atomic E-state index is 12.1. The van der Waals surface area contributed by atoms with Crippen molar-refractivity contribution in [3.8, 4) is 0 Å². The highest BCUT2D eigenvalue weighted by molar-refractivity contribution is 7.99. The van der Waals surface area contributed by atoms with Crippen LogP contribution in [0, 0.1) is 19.8 Å². The molecule has 4 nitrogen and oxygen atoms in total. The van der Waals surface area contributed by atoms with E-state index in [-0.39, 0.29) is 5.91 Å². The number of imidazole rings is 1. The quantitative estimate of drug-likeness (QED) is 0.747. The van der Waals surface area contributed by atoms with Crippen molar-refractivity contribution in [1.29, 1.82) is 0 Å². The van der Waals surface area contributed by atoms with Crippen LogP contribution in [0.1, 0.15) is 30.8 Å². The SMILES string of the molecule is Cc1nc(SCC(=O)NCc2ccc(Cl)cc2)n(CC(C)C)c1C. The smallest absolute Gasteiger partial charge is 0.230 e. The van der Waals surface area contributed by atoms with E-state index in [0.29, 0.717) is 23.2 Å². The highest BCUT2D eigenvalue weighted by Crippen LogP contribution is 2.22. The van der Waals surface area contributed by atoms with E-state index in [1.165, 1.54) is 17.5 Å². The first-order chi connectivity index (χ1) is 11.4. The number of thioether (sulfide) groups is 1. The zero-order valence-corrected chi connectivity index (χ0v) is 16.2. The number of aryl methyl sites for hydroxylation is 1. The van der Waals surface area contributed by atoms with E-state index in [1.54, 1.807) is 0 Å². The zero-order chi connectivity index (χ0) is 17.7. The van der Waals surface area contributed by atoms with Gasteiger partial charge in [0.25, 0.3) is 0 Å². The third-order valence-electron chi connectivity index (χ3n) is 3.71. The lowest BCUT2D eigenvalue weighted by atomic mass is 10.2. The lowest BCUT2D eigenvalue weighted by molar-refractivity contribution is -0.118. The molecule has 1 aromatic heterocycles. The average molecular weight is 366 g/mol. The molecule has 0 aliphatic carbocycles. The number of carbonyl (C=O) groups excluding carboxylic acids is 1. The molecule has 6 heteroatoms. The van der Waals surface area contributed by atoms with E-state index in [9.17, 15) is 4.79 Å². The fourth-order valence-electron chi connectivity index (χ4n) is 2.30. The van der Waals surface area contributed by atoms with Gasteiger partial charge in [-0.05, 0) is 37.5 Å². The Bertz CT molecular complexity index is 695. The first-order valence-corrected chi connectivity index (χ1v) is 9.41. The van der Waals surface area contributed by atoms with Crippen LogP contribution in [0.4, 0.5) is 0 Å². The lowest BCUT2D eigenvalue weighted by Crippen LogP contribution is -2.24. The molecule has 0 atom stereocenters. The average Bonchev–Trinajstić information content (AvgIpc) is 2.79. The van der Waals surface area contributed by atoms with Gasteiger partial charge in [-0.1, -0.05) is 49.3 Å². The van der Waals surface area contributed by atoms with Crippen molar-refractivity contribution in [3.05, 3.63) is 46.2 Å². The molecule has 130 valence electrons. The van der Waals surface area contributed by atoms with Crippen LogP contribution >= 0.6 is 23.4 Å². The van der Waals surface area contributed by atoms with Gasteiger partial charge in [-0.15, -0.1) is 0 Å². The molecule has 1 N–H and O–H groups in total. The molecule has 2 rings (SSSR count). The van der Waals surface area contributed by atoms with Crippen molar-refractivity contribution >= 4 is 29.3 Å². The molecule has 0 aliphatic rings. The Morgan fingerprint density at radius 1 is 1.29 bits per heavy atom. The molecular formula is C18H24ClN3OS. The normalized spacial score (nSPS) is 11.1. The molecule has 0 unspecified atom stereocenters. The summed E-state index contributed by atoms with van der Waals surface area (Å²) in [5.41, 5.74) is 3.23. The van der Waals surface area contributed by atoms with Crippen LogP contribution in [0.2, 0.25) is 5.02 Å². The fraction of sp³-hybridized carbons (Fsp3) is 0.444. The van der Waals surface area contributed by atoms with Gasteiger partial charge < -0.3 is 9.88 Å². The van der Waals surface area contributed by atoms with Crippen LogP contribution in [-0.4, -0.2) is 21.2 Å². The minimum atomic E-state index is 0.00403. The van der Waals surface area contributed by atoms with Crippen LogP contribution in [0.25, 0.3) is 0 Å². The van der Waals surface area contributed by atoms with Crippen LogP contribution < -0.4 is 5.32 Å². The monoisotopic (exact) mass is 365 g/mol. The molecule has 0 radical (unpaired) electrons. The molecule has 1 heterocycles. The number of hydrogen-bond donors (Lipinski definition) is 1. The molecule has 24 heavy (non-hydrogen) atoms. The van der Waals surface area contributed by atoms with E-state index in [0.717, 1.165) is 23.0 Å². The summed E-state index contributed by atoms with van der Waals surface area (Å²) >= 11 is 7.35. The van der Waals surface area contributed by atoms with Crippen molar-refractivity contribution in [2.75, 3.05) is 5.75 Å². The van der Waals surface area contributed by atoms with Gasteiger partial charge in [0.15, 0.2) is 5.16 Å². The van der Waals surface area contributed by atoms with Crippen molar-refractivity contribution in [1.82, 2.24) is 14.9 Å². The van der Waals surface area contributed by atoms with Crippen molar-refractivity contribution in [3.63, 3.8) is 0 Å². The van der Waals surface area contributed by atoms with Crippen LogP contribution in [-0.2, 0) is 17.9 Å². The van der Waals surface area contributed by atoms with Crippen LogP contribution in [0.3, 0.4) is 0 Å². The van der Waals surface area contributed by atoms with Gasteiger partial charge in [-0.2, -0.15) is 0 Å². The number of nitrogens with one attached hydrogen (secondary N) is 1. The third-order valence-corrected chi connectivity index (χ3v) is 4.93. The van der Waals surface area contributed by atoms with Gasteiger partial charge in [0.05, 0.1) is 11.4 Å². The topological polar surface area (TPSA) is 46.9 Å². The standard InChI is InChI=1S/C18H24ClN3OS/c1-12(2)10-22-14(4)13(3)21-18(22)24-11-17(23)20-9-15-5-7-16(19)8-6-15/h5-8,12H,9-11H2,1-4H3,(H,20,23). The summed E-state index contributed by atoms with van der Waals surface area (Å²) in [5.74, 6) is 0.904. The van der Waals surface area contributed by atoms with Gasteiger partial charge >= 0.3 is 0 Å². The van der Waals surface area contributed by atoms with E-state index < -0.39 is 0 Å². The van der Waals surface area contributed by atoms with Crippen LogP contribution in [0.15, 0.2) is 29.4 Å². The van der Waals surface area contributed by atoms with Gasteiger partial charge in [0.1, 0.15) is 0 Å². The number of halogens is 1. The minimum Gasteiger partial charge on any atom is -0.351 e. The molecule has 0 bridgehead atoms. The molecule has 0 aliphatic heterocycles. The van der Waals surface area contributed by atoms with Gasteiger partial charge in [0, 0.05) is 23.8 Å². The maximum absolute atomic E-state index is 12.1. The fourth-order valence-corrected chi connectivity index (χ4v) is 3.35. The summed E-state index contributed by atoms with van der Waals surface area (Å²) < 4.78 is 2.21. The van der Waals surface area contributed by atoms with Crippen LogP contribution in [0.5, 0.6) is 0 Å². The van der Waals surface area contributed by atoms with Crippen molar-refractivity contribution < 1.29 is 4.79 Å². The second-order valence-electron chi connectivity index (χ2n) is 6.26. The van der Waals surface area contributed by atoms with Gasteiger partial charge in [-0.25, -0.2) is 4.98 Å². The molecule has 1 amide bonds. The maximum Gasteiger partial charge on any atom is 0.230 e. The summed E-state index contributed by atoms with van der Waals surface area (Å²) in [4.78, 5) is 16.7. The first kappa shape index (κ1) is 18.9. The highest BCUT2D eigenvalue weighted by atomic mass is 35.5. The number of amides is 1. The Balaban J connectivity index is 1.89. The molecule has 2 aromatic rings. The second-order valence-corrected chi connectivity index (χ2v) is 7.64. The molecule has 0 spiro atoms. The number of nitrogens with zero attached hydrogens (tertiary/aromatic N) is 2. The predicted octanol–water partition coefficient (Wildman–Crippen LogP) is 4.22. The third kappa shape index (κ3) is 5.28. The van der Waals surface area contributed by atoms with E-state index >= 15 is 0 Å². The highest BCUT2D eigenvalue weighted by Gasteiger charge is 2.14. The number of carbonyl (C=O) groups is 1. The number of hydrogen-bond acceptors (Lipinski definition) is 3. The second kappa shape index (κ2) is 8.58. The van der Waals surface area contributed by atoms with Gasteiger partial charge in [0.2, 0.25) is 5.91 Å². The van der Waals surface area contributed by atoms with Crippen molar-refractivity contribution in [2.24, 2.45) is 5.92 Å². The Kier molecular flexibility index (Phi) is 6.75. The Labute approximate surface area is 153 Å². The largest absolute Gasteiger partial charge is 0.351 e. The molecule has 0 fully saturated rings. The van der Waals surface area contributed by atoms with E-state index in [1.807, 2.05) is 31.2 Å². The summed E-state index contributed by atoms with van der Waals surface area (Å²) in [6.07, 6.45) is 0. The van der Waals surface area contributed by atoms with Crippen molar-refractivity contribution in [2.45, 2.75) is 45.9 Å². The van der Waals surface area contributed by atoms with E-state index in [4.69, 9.17) is 11.6 Å². The molecule has 0 saturated heterocycles. The number of benzene rings is 1. The molecule has 0 saturated carbocycles. The molecular weight excluding hydrogens is 342 g/mol. The van der Waals surface area contributed by atoms with Gasteiger partial charge in [-0.3, -0.25) is 4.79 Å². The summed E-state index contributed by atoms with van der Waals surface area (Å²) in [6, 6.07) is 7.48. The number of aromatic nitrogens is 2. The summed E-state index contributed by atoms with van der Waals surface area (Å²) in [6.45, 7) is 9.88. The molecule has 1 aromatic carbocycles. The Hall–Kier alpha value is -1.46. The Morgan fingerprint density at radius 2 is 1.96 bits per heavy atom. The lowest BCUT2D eigenvalue weighted by Gasteiger charge is -2.12. The number of rotatable bonds is 7. The summed E-state index contributed by atoms with van der Waals surface area (Å²) in [7, 11) is 0. The zero-order valence-electron chi connectivity index (χ0n) is 14.6. The van der Waals surface area contributed by atoms with E-state index in [2.05, 4.69) is 35.6 Å². The first-order valence-electron chi connectivity index (χ1n) is 8.04. The summed E-state index contributed by atoms with van der Waals surface area (Å²) in [5, 5.41) is 4.54. The minimum absolute atomic E-state index is 0.00403. The predicted molar refractivity (Wildman–Crippen MR) is 101 cm³/mol. The Morgan fingerprint density at radius 3 is 2.58 bits per heavy atom.